The molecule has 0 bridgehead atoms. The molecule has 1 fully saturated rings. The molecule has 1 aromatic rings. The van der Waals surface area contributed by atoms with E-state index < -0.39 is 0 Å². The summed E-state index contributed by atoms with van der Waals surface area (Å²) >= 11 is 7.15. The van der Waals surface area contributed by atoms with Gasteiger partial charge >= 0.3 is 0 Å². The summed E-state index contributed by atoms with van der Waals surface area (Å²) < 4.78 is 13.3. The van der Waals surface area contributed by atoms with Gasteiger partial charge < -0.3 is 14.8 Å². The second-order valence-corrected chi connectivity index (χ2v) is 7.13. The summed E-state index contributed by atoms with van der Waals surface area (Å²) in [6.07, 6.45) is 1.01. The van der Waals surface area contributed by atoms with Crippen molar-refractivity contribution < 1.29 is 9.47 Å². The molecule has 0 radical (unpaired) electrons. The van der Waals surface area contributed by atoms with Gasteiger partial charge in [-0.05, 0) is 34.5 Å². The SMILES string of the molecule is CCCOc1c(Br)cc(Br)cc1CNCCN1CCOCC1. The van der Waals surface area contributed by atoms with Gasteiger partial charge in [-0.15, -0.1) is 0 Å². The summed E-state index contributed by atoms with van der Waals surface area (Å²) in [5, 5.41) is 3.52. The minimum Gasteiger partial charge on any atom is -0.492 e. The van der Waals surface area contributed by atoms with Gasteiger partial charge in [-0.2, -0.15) is 0 Å². The van der Waals surface area contributed by atoms with Crippen molar-refractivity contribution in [2.45, 2.75) is 19.9 Å². The van der Waals surface area contributed by atoms with Crippen LogP contribution in [0.5, 0.6) is 5.75 Å². The lowest BCUT2D eigenvalue weighted by Crippen LogP contribution is -2.40. The highest BCUT2D eigenvalue weighted by molar-refractivity contribution is 9.11. The summed E-state index contributed by atoms with van der Waals surface area (Å²) in [7, 11) is 0. The third-order valence-corrected chi connectivity index (χ3v) is 4.61. The van der Waals surface area contributed by atoms with Crippen LogP contribution in [0.1, 0.15) is 18.9 Å². The summed E-state index contributed by atoms with van der Waals surface area (Å²) in [4.78, 5) is 2.43. The number of benzene rings is 1. The van der Waals surface area contributed by atoms with Gasteiger partial charge in [0, 0.05) is 42.8 Å². The van der Waals surface area contributed by atoms with E-state index in [1.165, 1.54) is 5.56 Å². The fourth-order valence-corrected chi connectivity index (χ4v) is 3.82. The number of hydrogen-bond donors (Lipinski definition) is 1. The van der Waals surface area contributed by atoms with E-state index >= 15 is 0 Å². The van der Waals surface area contributed by atoms with Crippen LogP contribution in [0.15, 0.2) is 21.1 Å². The minimum absolute atomic E-state index is 0.737. The van der Waals surface area contributed by atoms with E-state index in [-0.39, 0.29) is 0 Å². The fraction of sp³-hybridized carbons (Fsp3) is 0.625. The Morgan fingerprint density at radius 1 is 1.27 bits per heavy atom. The van der Waals surface area contributed by atoms with Crippen LogP contribution >= 0.6 is 31.9 Å². The first kappa shape index (κ1) is 18.2. The van der Waals surface area contributed by atoms with Crippen LogP contribution in [0.4, 0.5) is 0 Å². The van der Waals surface area contributed by atoms with E-state index in [1.807, 2.05) is 6.07 Å². The number of halogens is 2. The van der Waals surface area contributed by atoms with Crippen LogP contribution in [0, 0.1) is 0 Å². The Hall–Kier alpha value is -0.140. The van der Waals surface area contributed by atoms with Gasteiger partial charge in [-0.25, -0.2) is 0 Å². The van der Waals surface area contributed by atoms with E-state index in [4.69, 9.17) is 9.47 Å². The molecule has 4 nitrogen and oxygen atoms in total. The molecule has 1 N–H and O–H groups in total. The fourth-order valence-electron chi connectivity index (χ4n) is 2.40. The lowest BCUT2D eigenvalue weighted by molar-refractivity contribution is 0.0384. The molecular weight excluding hydrogens is 412 g/mol. The van der Waals surface area contributed by atoms with Crippen LogP contribution in [0.25, 0.3) is 0 Å². The first-order valence-corrected chi connectivity index (χ1v) is 9.41. The Bertz CT molecular complexity index is 466. The number of morpholine rings is 1. The molecule has 0 saturated carbocycles. The van der Waals surface area contributed by atoms with E-state index in [0.29, 0.717) is 0 Å². The largest absolute Gasteiger partial charge is 0.492 e. The van der Waals surface area contributed by atoms with Crippen LogP contribution in [0.2, 0.25) is 0 Å². The van der Waals surface area contributed by atoms with Crippen molar-refractivity contribution in [3.63, 3.8) is 0 Å². The van der Waals surface area contributed by atoms with Crippen LogP contribution < -0.4 is 10.1 Å². The Morgan fingerprint density at radius 2 is 2.05 bits per heavy atom. The zero-order valence-corrected chi connectivity index (χ0v) is 16.2. The number of hydrogen-bond acceptors (Lipinski definition) is 4. The topological polar surface area (TPSA) is 33.7 Å². The van der Waals surface area contributed by atoms with Crippen LogP contribution in [0.3, 0.4) is 0 Å². The van der Waals surface area contributed by atoms with Gasteiger partial charge in [0.2, 0.25) is 0 Å². The van der Waals surface area contributed by atoms with Crippen molar-refractivity contribution in [3.8, 4) is 5.75 Å². The monoisotopic (exact) mass is 434 g/mol. The second kappa shape index (κ2) is 9.88. The number of rotatable bonds is 8. The third-order valence-electron chi connectivity index (χ3n) is 3.56. The van der Waals surface area contributed by atoms with Gasteiger partial charge in [0.15, 0.2) is 0 Å². The van der Waals surface area contributed by atoms with Crippen molar-refractivity contribution in [3.05, 3.63) is 26.6 Å². The van der Waals surface area contributed by atoms with Gasteiger partial charge in [0.25, 0.3) is 0 Å². The Kier molecular flexibility index (Phi) is 8.17. The Labute approximate surface area is 149 Å². The molecule has 2 rings (SSSR count). The highest BCUT2D eigenvalue weighted by Gasteiger charge is 2.12. The predicted octanol–water partition coefficient (Wildman–Crippen LogP) is 3.42. The average Bonchev–Trinajstić information content (AvgIpc) is 2.51. The molecule has 6 heteroatoms. The maximum absolute atomic E-state index is 5.88. The standard InChI is InChI=1S/C16H24Br2N2O2/c1-2-7-22-16-13(10-14(17)11-15(16)18)12-19-3-4-20-5-8-21-9-6-20/h10-11,19H,2-9,12H2,1H3. The molecule has 124 valence electrons. The van der Waals surface area contributed by atoms with Gasteiger partial charge in [0.1, 0.15) is 5.75 Å². The smallest absolute Gasteiger partial charge is 0.138 e. The highest BCUT2D eigenvalue weighted by atomic mass is 79.9. The van der Waals surface area contributed by atoms with E-state index in [1.54, 1.807) is 0 Å². The van der Waals surface area contributed by atoms with Gasteiger partial charge in [0.05, 0.1) is 24.3 Å². The Balaban J connectivity index is 1.85. The van der Waals surface area contributed by atoms with Crippen molar-refractivity contribution in [2.24, 2.45) is 0 Å². The first-order chi connectivity index (χ1) is 10.7. The lowest BCUT2D eigenvalue weighted by atomic mass is 10.2. The van der Waals surface area contributed by atoms with Crippen molar-refractivity contribution in [2.75, 3.05) is 46.0 Å². The zero-order valence-electron chi connectivity index (χ0n) is 13.0. The molecule has 22 heavy (non-hydrogen) atoms. The molecule has 1 saturated heterocycles. The molecule has 0 amide bonds. The normalized spacial score (nSPS) is 16.0. The van der Waals surface area contributed by atoms with Gasteiger partial charge in [-0.1, -0.05) is 22.9 Å². The number of ether oxygens (including phenoxy) is 2. The van der Waals surface area contributed by atoms with E-state index in [2.05, 4.69) is 55.1 Å². The van der Waals surface area contributed by atoms with Crippen LogP contribution in [-0.2, 0) is 11.3 Å². The van der Waals surface area contributed by atoms with Crippen molar-refractivity contribution >= 4 is 31.9 Å². The molecular formula is C16H24Br2N2O2. The molecule has 1 aromatic carbocycles. The van der Waals surface area contributed by atoms with E-state index in [9.17, 15) is 0 Å². The molecule has 0 spiro atoms. The van der Waals surface area contributed by atoms with Gasteiger partial charge in [-0.3, -0.25) is 4.90 Å². The number of nitrogens with zero attached hydrogens (tertiary/aromatic N) is 1. The summed E-state index contributed by atoms with van der Waals surface area (Å²) in [5.74, 6) is 0.948. The lowest BCUT2D eigenvalue weighted by Gasteiger charge is -2.26. The molecule has 0 aromatic heterocycles. The molecule has 0 aliphatic carbocycles. The first-order valence-electron chi connectivity index (χ1n) is 7.82. The summed E-state index contributed by atoms with van der Waals surface area (Å²) in [6.45, 7) is 9.47. The summed E-state index contributed by atoms with van der Waals surface area (Å²) in [5.41, 5.74) is 1.18. The van der Waals surface area contributed by atoms with Crippen LogP contribution in [-0.4, -0.2) is 50.9 Å². The van der Waals surface area contributed by atoms with E-state index in [0.717, 1.165) is 73.7 Å². The maximum Gasteiger partial charge on any atom is 0.138 e. The molecule has 0 unspecified atom stereocenters. The molecule has 0 atom stereocenters. The second-order valence-electron chi connectivity index (χ2n) is 5.36. The average molecular weight is 436 g/mol. The number of nitrogens with one attached hydrogen (secondary N) is 1. The quantitative estimate of drug-likeness (QED) is 0.634. The molecule has 1 aliphatic heterocycles. The molecule has 1 aliphatic rings. The zero-order chi connectivity index (χ0) is 15.8. The third kappa shape index (κ3) is 5.81. The maximum atomic E-state index is 5.88. The minimum atomic E-state index is 0.737. The highest BCUT2D eigenvalue weighted by Crippen LogP contribution is 2.33. The summed E-state index contributed by atoms with van der Waals surface area (Å²) in [6, 6.07) is 4.15. The van der Waals surface area contributed by atoms with Crippen molar-refractivity contribution in [1.82, 2.24) is 10.2 Å². The van der Waals surface area contributed by atoms with Crippen molar-refractivity contribution in [1.29, 1.82) is 0 Å². The predicted molar refractivity (Wildman–Crippen MR) is 96.6 cm³/mol. The Morgan fingerprint density at radius 3 is 2.77 bits per heavy atom. The molecule has 1 heterocycles.